The zero-order valence-corrected chi connectivity index (χ0v) is 16.1. The minimum Gasteiger partial charge on any atom is -0.492 e. The number of hydrogen-bond donors (Lipinski definition) is 0. The van der Waals surface area contributed by atoms with Gasteiger partial charge in [-0.05, 0) is 55.6 Å². The van der Waals surface area contributed by atoms with Gasteiger partial charge in [-0.25, -0.2) is 0 Å². The number of amides is 1. The van der Waals surface area contributed by atoms with Gasteiger partial charge in [-0.2, -0.15) is 0 Å². The summed E-state index contributed by atoms with van der Waals surface area (Å²) in [6.45, 7) is 4.70. The summed E-state index contributed by atoms with van der Waals surface area (Å²) in [5, 5.41) is 2.77. The van der Waals surface area contributed by atoms with Crippen molar-refractivity contribution in [1.82, 2.24) is 9.80 Å². The first kappa shape index (κ1) is 18.2. The second-order valence-corrected chi connectivity index (χ2v) is 7.78. The minimum absolute atomic E-state index is 0.164. The molecular weight excluding hydrogens is 356 g/mol. The second-order valence-electron chi connectivity index (χ2n) is 6.34. The average Bonchev–Trinajstić information content (AvgIpc) is 3.08. The number of rotatable bonds is 6. The Kier molecular flexibility index (Phi) is 5.99. The highest BCUT2D eigenvalue weighted by molar-refractivity contribution is 7.10. The van der Waals surface area contributed by atoms with Crippen molar-refractivity contribution in [3.63, 3.8) is 0 Å². The van der Waals surface area contributed by atoms with Crippen LogP contribution in [0.3, 0.4) is 0 Å². The highest BCUT2D eigenvalue weighted by Crippen LogP contribution is 2.24. The molecule has 1 aliphatic rings. The molecule has 1 amide bonds. The topological polar surface area (TPSA) is 32.8 Å². The van der Waals surface area contributed by atoms with Crippen molar-refractivity contribution >= 4 is 28.8 Å². The molecule has 1 unspecified atom stereocenters. The summed E-state index contributed by atoms with van der Waals surface area (Å²) in [6.07, 6.45) is 0.965. The van der Waals surface area contributed by atoms with Gasteiger partial charge >= 0.3 is 0 Å². The molecule has 0 N–H and O–H groups in total. The van der Waals surface area contributed by atoms with E-state index in [9.17, 15) is 4.79 Å². The van der Waals surface area contributed by atoms with E-state index in [0.717, 1.165) is 25.3 Å². The van der Waals surface area contributed by atoms with Crippen molar-refractivity contribution in [2.75, 3.05) is 26.7 Å². The van der Waals surface area contributed by atoms with Crippen LogP contribution >= 0.6 is 22.9 Å². The quantitative estimate of drug-likeness (QED) is 0.768. The monoisotopic (exact) mass is 378 g/mol. The Morgan fingerprint density at radius 1 is 1.44 bits per heavy atom. The predicted molar refractivity (Wildman–Crippen MR) is 102 cm³/mol. The number of fused-ring (bicyclic) bond motifs is 1. The maximum atomic E-state index is 12.8. The van der Waals surface area contributed by atoms with Crippen LogP contribution in [0.1, 0.15) is 17.4 Å². The fourth-order valence-electron chi connectivity index (χ4n) is 2.95. The Morgan fingerprint density at radius 2 is 2.28 bits per heavy atom. The number of likely N-dealkylation sites (N-methyl/N-ethyl adjacent to an activating group) is 1. The molecule has 0 saturated heterocycles. The number of nitrogens with zero attached hydrogens (tertiary/aromatic N) is 2. The molecule has 0 fully saturated rings. The Labute approximate surface area is 158 Å². The SMILES string of the molecule is CC(C(=O)N1CCc2sccc2C1)N(C)CCOc1cccc(Cl)c1. The van der Waals surface area contributed by atoms with Gasteiger partial charge in [0.15, 0.2) is 0 Å². The average molecular weight is 379 g/mol. The van der Waals surface area contributed by atoms with E-state index in [-0.39, 0.29) is 11.9 Å². The number of ether oxygens (including phenoxy) is 1. The molecule has 2 heterocycles. The van der Waals surface area contributed by atoms with Crippen LogP contribution in [0.15, 0.2) is 35.7 Å². The fourth-order valence-corrected chi connectivity index (χ4v) is 4.02. The summed E-state index contributed by atoms with van der Waals surface area (Å²) in [4.78, 5) is 18.2. The summed E-state index contributed by atoms with van der Waals surface area (Å²) in [7, 11) is 1.96. The summed E-state index contributed by atoms with van der Waals surface area (Å²) in [5.41, 5.74) is 1.30. The van der Waals surface area contributed by atoms with Gasteiger partial charge in [0.05, 0.1) is 6.04 Å². The minimum atomic E-state index is -0.164. The molecule has 6 heteroatoms. The van der Waals surface area contributed by atoms with Crippen molar-refractivity contribution in [2.24, 2.45) is 0 Å². The van der Waals surface area contributed by atoms with Crippen LogP contribution in [-0.2, 0) is 17.8 Å². The number of carbonyl (C=O) groups excluding carboxylic acids is 1. The third-order valence-corrected chi connectivity index (χ3v) is 5.90. The summed E-state index contributed by atoms with van der Waals surface area (Å²) in [6, 6.07) is 9.33. The van der Waals surface area contributed by atoms with Crippen LogP contribution in [-0.4, -0.2) is 48.5 Å². The Balaban J connectivity index is 1.48. The lowest BCUT2D eigenvalue weighted by Crippen LogP contribution is -2.48. The largest absolute Gasteiger partial charge is 0.492 e. The van der Waals surface area contributed by atoms with Gasteiger partial charge < -0.3 is 9.64 Å². The van der Waals surface area contributed by atoms with Gasteiger partial charge in [0.25, 0.3) is 0 Å². The van der Waals surface area contributed by atoms with E-state index in [1.54, 1.807) is 17.4 Å². The summed E-state index contributed by atoms with van der Waals surface area (Å²) in [5.74, 6) is 0.933. The maximum absolute atomic E-state index is 12.8. The Bertz CT molecular complexity index is 734. The third kappa shape index (κ3) is 4.54. The Hall–Kier alpha value is -1.56. The highest BCUT2D eigenvalue weighted by atomic mass is 35.5. The molecule has 1 atom stereocenters. The smallest absolute Gasteiger partial charge is 0.239 e. The fraction of sp³-hybridized carbons (Fsp3) is 0.421. The standard InChI is InChI=1S/C19H23ClN2O2S/c1-14(19(23)22-8-6-18-15(13-22)7-11-25-18)21(2)9-10-24-17-5-3-4-16(20)12-17/h3-5,7,11-12,14H,6,8-10,13H2,1-2H3. The van der Waals surface area contributed by atoms with Gasteiger partial charge in [-0.3, -0.25) is 9.69 Å². The third-order valence-electron chi connectivity index (χ3n) is 4.65. The van der Waals surface area contributed by atoms with Crippen LogP contribution in [0.25, 0.3) is 0 Å². The van der Waals surface area contributed by atoms with Crippen molar-refractivity contribution in [3.8, 4) is 5.75 Å². The lowest BCUT2D eigenvalue weighted by Gasteiger charge is -2.32. The molecular formula is C19H23ClN2O2S. The van der Waals surface area contributed by atoms with Crippen molar-refractivity contribution < 1.29 is 9.53 Å². The van der Waals surface area contributed by atoms with Gasteiger partial charge in [0.1, 0.15) is 12.4 Å². The highest BCUT2D eigenvalue weighted by Gasteiger charge is 2.27. The molecule has 0 saturated carbocycles. The van der Waals surface area contributed by atoms with Gasteiger partial charge in [-0.15, -0.1) is 11.3 Å². The van der Waals surface area contributed by atoms with Crippen LogP contribution < -0.4 is 4.74 Å². The summed E-state index contributed by atoms with van der Waals surface area (Å²) >= 11 is 7.74. The molecule has 3 rings (SSSR count). The second kappa shape index (κ2) is 8.21. The molecule has 2 aromatic rings. The van der Waals surface area contributed by atoms with E-state index in [1.807, 2.05) is 42.0 Å². The molecule has 134 valence electrons. The molecule has 1 aromatic carbocycles. The van der Waals surface area contributed by atoms with Gasteiger partial charge in [-0.1, -0.05) is 17.7 Å². The molecule has 0 radical (unpaired) electrons. The maximum Gasteiger partial charge on any atom is 0.239 e. The Morgan fingerprint density at radius 3 is 3.08 bits per heavy atom. The van der Waals surface area contributed by atoms with Crippen LogP contribution in [0.5, 0.6) is 5.75 Å². The molecule has 4 nitrogen and oxygen atoms in total. The van der Waals surface area contributed by atoms with Crippen molar-refractivity contribution in [3.05, 3.63) is 51.2 Å². The lowest BCUT2D eigenvalue weighted by molar-refractivity contribution is -0.137. The number of thiophene rings is 1. The van der Waals surface area contributed by atoms with Crippen molar-refractivity contribution in [1.29, 1.82) is 0 Å². The van der Waals surface area contributed by atoms with E-state index in [4.69, 9.17) is 16.3 Å². The predicted octanol–water partition coefficient (Wildman–Crippen LogP) is 3.69. The molecule has 1 aromatic heterocycles. The van der Waals surface area contributed by atoms with Gasteiger partial charge in [0.2, 0.25) is 5.91 Å². The zero-order valence-electron chi connectivity index (χ0n) is 14.6. The number of halogens is 1. The van der Waals surface area contributed by atoms with Crippen LogP contribution in [0, 0.1) is 0 Å². The van der Waals surface area contributed by atoms with E-state index in [2.05, 4.69) is 11.4 Å². The van der Waals surface area contributed by atoms with E-state index >= 15 is 0 Å². The molecule has 25 heavy (non-hydrogen) atoms. The van der Waals surface area contributed by atoms with Gasteiger partial charge in [0, 0.05) is 29.5 Å². The summed E-state index contributed by atoms with van der Waals surface area (Å²) < 4.78 is 5.72. The van der Waals surface area contributed by atoms with Crippen LogP contribution in [0.2, 0.25) is 5.02 Å². The molecule has 0 aliphatic carbocycles. The van der Waals surface area contributed by atoms with Crippen molar-refractivity contribution in [2.45, 2.75) is 25.9 Å². The molecule has 1 aliphatic heterocycles. The zero-order chi connectivity index (χ0) is 17.8. The number of carbonyl (C=O) groups is 1. The molecule has 0 spiro atoms. The number of hydrogen-bond acceptors (Lipinski definition) is 4. The normalized spacial score (nSPS) is 15.1. The lowest BCUT2D eigenvalue weighted by atomic mass is 10.1. The first-order valence-electron chi connectivity index (χ1n) is 8.47. The first-order valence-corrected chi connectivity index (χ1v) is 9.73. The van der Waals surface area contributed by atoms with E-state index < -0.39 is 0 Å². The van der Waals surface area contributed by atoms with Crippen LogP contribution in [0.4, 0.5) is 0 Å². The van der Waals surface area contributed by atoms with E-state index in [1.165, 1.54) is 10.4 Å². The first-order chi connectivity index (χ1) is 12.0. The number of benzene rings is 1. The molecule has 0 bridgehead atoms. The van der Waals surface area contributed by atoms with E-state index in [0.29, 0.717) is 18.2 Å².